The fourth-order valence-corrected chi connectivity index (χ4v) is 1.88. The SMILES string of the molecule is CCC(=O)Nc1ccc(Nc2cc(Cl)ccc2OC)nc1. The van der Waals surface area contributed by atoms with Crippen molar-refractivity contribution < 1.29 is 9.53 Å². The number of aromatic nitrogens is 1. The molecule has 1 aromatic heterocycles. The average Bonchev–Trinajstić information content (AvgIpc) is 2.49. The van der Waals surface area contributed by atoms with E-state index in [1.54, 1.807) is 50.6 Å². The van der Waals surface area contributed by atoms with Crippen molar-refractivity contribution in [1.82, 2.24) is 4.98 Å². The minimum atomic E-state index is -0.0472. The molecule has 0 saturated carbocycles. The summed E-state index contributed by atoms with van der Waals surface area (Å²) in [7, 11) is 1.59. The first kappa shape index (κ1) is 15.1. The van der Waals surface area contributed by atoms with Crippen LogP contribution in [0.2, 0.25) is 5.02 Å². The number of methoxy groups -OCH3 is 1. The van der Waals surface area contributed by atoms with Crippen molar-refractivity contribution in [3.8, 4) is 5.75 Å². The number of hydrogen-bond donors (Lipinski definition) is 2. The van der Waals surface area contributed by atoms with E-state index in [2.05, 4.69) is 15.6 Å². The monoisotopic (exact) mass is 305 g/mol. The first-order valence-corrected chi connectivity index (χ1v) is 6.86. The van der Waals surface area contributed by atoms with Gasteiger partial charge in [0.2, 0.25) is 5.91 Å². The van der Waals surface area contributed by atoms with Crippen LogP contribution in [0.1, 0.15) is 13.3 Å². The summed E-state index contributed by atoms with van der Waals surface area (Å²) in [6, 6.07) is 8.84. The van der Waals surface area contributed by atoms with E-state index >= 15 is 0 Å². The minimum Gasteiger partial charge on any atom is -0.495 e. The first-order chi connectivity index (χ1) is 10.1. The molecule has 2 rings (SSSR count). The molecule has 6 heteroatoms. The van der Waals surface area contributed by atoms with Crippen molar-refractivity contribution in [2.75, 3.05) is 17.7 Å². The Balaban J connectivity index is 2.13. The van der Waals surface area contributed by atoms with Crippen molar-refractivity contribution in [2.24, 2.45) is 0 Å². The lowest BCUT2D eigenvalue weighted by Crippen LogP contribution is -2.09. The average molecular weight is 306 g/mol. The zero-order chi connectivity index (χ0) is 15.2. The van der Waals surface area contributed by atoms with Crippen LogP contribution in [0.4, 0.5) is 17.2 Å². The molecular weight excluding hydrogens is 290 g/mol. The highest BCUT2D eigenvalue weighted by Gasteiger charge is 2.05. The number of halogens is 1. The van der Waals surface area contributed by atoms with Crippen molar-refractivity contribution in [3.05, 3.63) is 41.6 Å². The summed E-state index contributed by atoms with van der Waals surface area (Å²) in [6.45, 7) is 1.80. The molecule has 0 aliphatic rings. The van der Waals surface area contributed by atoms with E-state index in [0.29, 0.717) is 28.7 Å². The van der Waals surface area contributed by atoms with Crippen LogP contribution in [-0.2, 0) is 4.79 Å². The molecule has 2 N–H and O–H groups in total. The van der Waals surface area contributed by atoms with Crippen LogP contribution in [0, 0.1) is 0 Å². The van der Waals surface area contributed by atoms with Gasteiger partial charge in [0.05, 0.1) is 24.7 Å². The Hall–Kier alpha value is -2.27. The Morgan fingerprint density at radius 3 is 2.76 bits per heavy atom. The molecule has 0 aliphatic heterocycles. The Morgan fingerprint density at radius 1 is 1.33 bits per heavy atom. The smallest absolute Gasteiger partial charge is 0.224 e. The molecule has 0 bridgehead atoms. The van der Waals surface area contributed by atoms with Crippen LogP contribution in [0.25, 0.3) is 0 Å². The number of hydrogen-bond acceptors (Lipinski definition) is 4. The Morgan fingerprint density at radius 2 is 2.14 bits per heavy atom. The van der Waals surface area contributed by atoms with E-state index < -0.39 is 0 Å². The van der Waals surface area contributed by atoms with Gasteiger partial charge in [0.1, 0.15) is 11.6 Å². The molecule has 1 aromatic carbocycles. The summed E-state index contributed by atoms with van der Waals surface area (Å²) in [5, 5.41) is 6.47. The van der Waals surface area contributed by atoms with E-state index in [-0.39, 0.29) is 5.91 Å². The number of rotatable bonds is 5. The third kappa shape index (κ3) is 4.10. The molecule has 0 fully saturated rings. The topological polar surface area (TPSA) is 63.2 Å². The fourth-order valence-electron chi connectivity index (χ4n) is 1.71. The number of benzene rings is 1. The molecule has 0 atom stereocenters. The van der Waals surface area contributed by atoms with Crippen molar-refractivity contribution in [2.45, 2.75) is 13.3 Å². The number of carbonyl (C=O) groups excluding carboxylic acids is 1. The number of amides is 1. The molecule has 1 heterocycles. The second-order valence-electron chi connectivity index (χ2n) is 4.30. The zero-order valence-corrected chi connectivity index (χ0v) is 12.6. The second kappa shape index (κ2) is 6.95. The maximum atomic E-state index is 11.3. The molecular formula is C15H16ClN3O2. The lowest BCUT2D eigenvalue weighted by atomic mass is 10.3. The van der Waals surface area contributed by atoms with Gasteiger partial charge in [-0.2, -0.15) is 0 Å². The van der Waals surface area contributed by atoms with E-state index in [4.69, 9.17) is 16.3 Å². The van der Waals surface area contributed by atoms with Crippen molar-refractivity contribution in [1.29, 1.82) is 0 Å². The van der Waals surface area contributed by atoms with Gasteiger partial charge in [-0.15, -0.1) is 0 Å². The van der Waals surface area contributed by atoms with E-state index in [1.807, 2.05) is 0 Å². The number of ether oxygens (including phenoxy) is 1. The molecule has 5 nitrogen and oxygen atoms in total. The third-order valence-corrected chi connectivity index (χ3v) is 3.03. The molecule has 0 unspecified atom stereocenters. The lowest BCUT2D eigenvalue weighted by molar-refractivity contribution is -0.115. The van der Waals surface area contributed by atoms with Crippen LogP contribution in [0.15, 0.2) is 36.5 Å². The normalized spacial score (nSPS) is 10.0. The number of anilines is 3. The van der Waals surface area contributed by atoms with E-state index in [1.165, 1.54) is 0 Å². The zero-order valence-electron chi connectivity index (χ0n) is 11.8. The van der Waals surface area contributed by atoms with Crippen LogP contribution in [0.3, 0.4) is 0 Å². The molecule has 2 aromatic rings. The predicted molar refractivity (Wildman–Crippen MR) is 84.4 cm³/mol. The van der Waals surface area contributed by atoms with Gasteiger partial charge in [0, 0.05) is 11.4 Å². The third-order valence-electron chi connectivity index (χ3n) is 2.79. The maximum Gasteiger partial charge on any atom is 0.224 e. The van der Waals surface area contributed by atoms with Gasteiger partial charge in [-0.1, -0.05) is 18.5 Å². The molecule has 1 amide bonds. The number of nitrogens with one attached hydrogen (secondary N) is 2. The fraction of sp³-hybridized carbons (Fsp3) is 0.200. The van der Waals surface area contributed by atoms with E-state index in [0.717, 1.165) is 5.69 Å². The molecule has 21 heavy (non-hydrogen) atoms. The van der Waals surface area contributed by atoms with Crippen LogP contribution >= 0.6 is 11.6 Å². The molecule has 110 valence electrons. The van der Waals surface area contributed by atoms with Gasteiger partial charge in [0.15, 0.2) is 0 Å². The molecule has 0 saturated heterocycles. The summed E-state index contributed by atoms with van der Waals surface area (Å²) in [5.41, 5.74) is 1.38. The maximum absolute atomic E-state index is 11.3. The largest absolute Gasteiger partial charge is 0.495 e. The Bertz CT molecular complexity index is 629. The lowest BCUT2D eigenvalue weighted by Gasteiger charge is -2.11. The highest BCUT2D eigenvalue weighted by atomic mass is 35.5. The highest BCUT2D eigenvalue weighted by Crippen LogP contribution is 2.30. The Labute approximate surface area is 128 Å². The van der Waals surface area contributed by atoms with Gasteiger partial charge in [-0.25, -0.2) is 4.98 Å². The van der Waals surface area contributed by atoms with Crippen LogP contribution in [-0.4, -0.2) is 18.0 Å². The van der Waals surface area contributed by atoms with Gasteiger partial charge < -0.3 is 15.4 Å². The standard InChI is InChI=1S/C15H16ClN3O2/c1-3-15(20)18-11-5-7-14(17-9-11)19-12-8-10(16)4-6-13(12)21-2/h4-9H,3H2,1-2H3,(H,17,19)(H,18,20). The van der Waals surface area contributed by atoms with Gasteiger partial charge in [-0.05, 0) is 30.3 Å². The Kier molecular flexibility index (Phi) is 5.00. The quantitative estimate of drug-likeness (QED) is 0.881. The van der Waals surface area contributed by atoms with Crippen LogP contribution in [0.5, 0.6) is 5.75 Å². The van der Waals surface area contributed by atoms with Crippen molar-refractivity contribution >= 4 is 34.7 Å². The summed E-state index contributed by atoms with van der Waals surface area (Å²) in [4.78, 5) is 15.5. The summed E-state index contributed by atoms with van der Waals surface area (Å²) in [5.74, 6) is 1.25. The van der Waals surface area contributed by atoms with Gasteiger partial charge >= 0.3 is 0 Å². The van der Waals surface area contributed by atoms with Crippen LogP contribution < -0.4 is 15.4 Å². The van der Waals surface area contributed by atoms with E-state index in [9.17, 15) is 4.79 Å². The molecule has 0 spiro atoms. The number of pyridine rings is 1. The molecule has 0 radical (unpaired) electrons. The predicted octanol–water partition coefficient (Wildman–Crippen LogP) is 3.84. The van der Waals surface area contributed by atoms with Crippen molar-refractivity contribution in [3.63, 3.8) is 0 Å². The highest BCUT2D eigenvalue weighted by molar-refractivity contribution is 6.31. The summed E-state index contributed by atoms with van der Waals surface area (Å²) >= 11 is 5.98. The number of carbonyl (C=O) groups is 1. The number of nitrogens with zero attached hydrogens (tertiary/aromatic N) is 1. The molecule has 0 aliphatic carbocycles. The summed E-state index contributed by atoms with van der Waals surface area (Å²) < 4.78 is 5.26. The summed E-state index contributed by atoms with van der Waals surface area (Å²) in [6.07, 6.45) is 2.02. The second-order valence-corrected chi connectivity index (χ2v) is 4.74. The minimum absolute atomic E-state index is 0.0472. The van der Waals surface area contributed by atoms with Gasteiger partial charge in [0.25, 0.3) is 0 Å². The van der Waals surface area contributed by atoms with Gasteiger partial charge in [-0.3, -0.25) is 4.79 Å². The first-order valence-electron chi connectivity index (χ1n) is 6.49.